The molecule has 3 aliphatic rings. The van der Waals surface area contributed by atoms with E-state index in [0.717, 1.165) is 0 Å². The molecule has 0 heterocycles. The van der Waals surface area contributed by atoms with Crippen molar-refractivity contribution in [2.45, 2.75) is 24.9 Å². The number of phenols is 1. The number of phenolic OH excluding ortho intramolecular Hbond substituents is 1. The van der Waals surface area contributed by atoms with Crippen LogP contribution in [0.15, 0.2) is 53.0 Å². The molecule has 0 spiro atoms. The number of methoxy groups -OCH3 is 1. The Labute approximate surface area is 228 Å². The highest BCUT2D eigenvalue weighted by Gasteiger charge is 2.59. The van der Waals surface area contributed by atoms with Crippen LogP contribution >= 0.6 is 0 Å². The minimum Gasteiger partial charge on any atom is -0.511 e. The zero-order valence-electron chi connectivity index (χ0n) is 22.0. The fourth-order valence-electron chi connectivity index (χ4n) is 6.19. The van der Waals surface area contributed by atoms with Gasteiger partial charge in [0.05, 0.1) is 18.2 Å². The number of aliphatic hydroxyl groups excluding tert-OH is 2. The van der Waals surface area contributed by atoms with Crippen molar-refractivity contribution in [3.63, 3.8) is 0 Å². The lowest BCUT2D eigenvalue weighted by molar-refractivity contribution is -0.144. The van der Waals surface area contributed by atoms with Gasteiger partial charge in [-0.15, -0.1) is 0 Å². The van der Waals surface area contributed by atoms with Gasteiger partial charge >= 0.3 is 5.97 Å². The molecule has 3 atom stereocenters. The van der Waals surface area contributed by atoms with E-state index in [1.165, 1.54) is 19.2 Å². The molecule has 0 aromatic heterocycles. The number of carbonyl (C=O) groups is 4. The van der Waals surface area contributed by atoms with Gasteiger partial charge in [-0.2, -0.15) is 0 Å². The fraction of sp³-hybridized carbons (Fsp3) is 0.310. The Morgan fingerprint density at radius 1 is 1.07 bits per heavy atom. The zero-order chi connectivity index (χ0) is 29.3. The second kappa shape index (κ2) is 9.23. The normalized spacial score (nSPS) is 23.8. The molecule has 11 nitrogen and oxygen atoms in total. The van der Waals surface area contributed by atoms with Crippen LogP contribution in [-0.4, -0.2) is 70.7 Å². The van der Waals surface area contributed by atoms with E-state index in [9.17, 15) is 39.6 Å². The number of hydrogen-bond donors (Lipinski definition) is 5. The van der Waals surface area contributed by atoms with Gasteiger partial charge < -0.3 is 35.8 Å². The molecule has 0 saturated heterocycles. The summed E-state index contributed by atoms with van der Waals surface area (Å²) in [6.07, 6.45) is -0.0496. The molecule has 0 saturated carbocycles. The molecule has 40 heavy (non-hydrogen) atoms. The number of ether oxygens (including phenoxy) is 1. The molecule has 6 N–H and O–H groups in total. The number of aromatic hydroxyl groups is 1. The molecule has 2 aromatic carbocycles. The number of esters is 1. The number of allylic oxidation sites excluding steroid dienone is 2. The SMILES string of the molecule is COC(=O)c1ccc(-c2cc(N(C)C)c3c(c2O)C(=O)C2=C(O)[C@]4(O)C(=O)C(C(N)=O)=C(O)C[C@@H]4C[C@@H]2C3)cc1. The smallest absolute Gasteiger partial charge is 0.337 e. The highest BCUT2D eigenvalue weighted by atomic mass is 16.5. The number of rotatable bonds is 4. The minimum absolute atomic E-state index is 0.0489. The summed E-state index contributed by atoms with van der Waals surface area (Å²) in [5.74, 6) is -7.31. The molecular weight excluding hydrogens is 520 g/mol. The third-order valence-corrected chi connectivity index (χ3v) is 8.14. The summed E-state index contributed by atoms with van der Waals surface area (Å²) in [6.45, 7) is 0. The van der Waals surface area contributed by atoms with Gasteiger partial charge in [-0.05, 0) is 48.1 Å². The van der Waals surface area contributed by atoms with Crippen LogP contribution in [0.5, 0.6) is 5.75 Å². The molecule has 0 fully saturated rings. The third kappa shape index (κ3) is 3.69. The topological polar surface area (TPSA) is 188 Å². The molecule has 3 aliphatic carbocycles. The lowest BCUT2D eigenvalue weighted by Crippen LogP contribution is -2.57. The molecule has 0 unspecified atom stereocenters. The first-order valence-corrected chi connectivity index (χ1v) is 12.5. The van der Waals surface area contributed by atoms with Crippen molar-refractivity contribution >= 4 is 29.1 Å². The first-order valence-electron chi connectivity index (χ1n) is 12.5. The second-order valence-corrected chi connectivity index (χ2v) is 10.5. The zero-order valence-corrected chi connectivity index (χ0v) is 22.0. The van der Waals surface area contributed by atoms with Crippen molar-refractivity contribution in [1.29, 1.82) is 0 Å². The van der Waals surface area contributed by atoms with Gasteiger partial charge in [0.2, 0.25) is 5.78 Å². The Hall–Kier alpha value is -4.64. The number of nitrogens with zero attached hydrogens (tertiary/aromatic N) is 1. The van der Waals surface area contributed by atoms with Crippen LogP contribution < -0.4 is 10.6 Å². The first-order chi connectivity index (χ1) is 18.8. The summed E-state index contributed by atoms with van der Waals surface area (Å²) in [4.78, 5) is 52.6. The number of anilines is 1. The monoisotopic (exact) mass is 548 g/mol. The highest BCUT2D eigenvalue weighted by Crippen LogP contribution is 2.53. The van der Waals surface area contributed by atoms with Gasteiger partial charge in [0, 0.05) is 43.3 Å². The molecule has 2 aromatic rings. The molecule has 0 radical (unpaired) electrons. The van der Waals surface area contributed by atoms with Crippen molar-refractivity contribution in [2.24, 2.45) is 17.6 Å². The molecule has 1 amide bonds. The highest BCUT2D eigenvalue weighted by molar-refractivity contribution is 6.24. The van der Waals surface area contributed by atoms with Crippen LogP contribution in [0.2, 0.25) is 0 Å². The van der Waals surface area contributed by atoms with Crippen LogP contribution in [0.3, 0.4) is 0 Å². The summed E-state index contributed by atoms with van der Waals surface area (Å²) < 4.78 is 4.73. The van der Waals surface area contributed by atoms with Crippen LogP contribution in [0.4, 0.5) is 5.69 Å². The Morgan fingerprint density at radius 2 is 1.73 bits per heavy atom. The van der Waals surface area contributed by atoms with Gasteiger partial charge in [-0.3, -0.25) is 14.4 Å². The number of nitrogens with two attached hydrogens (primary N) is 1. The van der Waals surface area contributed by atoms with E-state index < -0.39 is 58.0 Å². The summed E-state index contributed by atoms with van der Waals surface area (Å²) in [6, 6.07) is 7.95. The third-order valence-electron chi connectivity index (χ3n) is 8.14. The molecule has 0 bridgehead atoms. The minimum atomic E-state index is -2.63. The second-order valence-electron chi connectivity index (χ2n) is 10.5. The summed E-state index contributed by atoms with van der Waals surface area (Å²) in [5, 5.41) is 44.4. The van der Waals surface area contributed by atoms with Gasteiger partial charge in [0.15, 0.2) is 11.4 Å². The number of aliphatic hydroxyl groups is 3. The predicted octanol–water partition coefficient (Wildman–Crippen LogP) is 2.10. The number of Topliss-reactive ketones (excluding diaryl/α,β-unsaturated/α-hetero) is 2. The number of ketones is 2. The average molecular weight is 549 g/mol. The summed E-state index contributed by atoms with van der Waals surface area (Å²) >= 11 is 0. The number of amides is 1. The number of primary amides is 1. The number of fused-ring (bicyclic) bond motifs is 3. The average Bonchev–Trinajstić information content (AvgIpc) is 2.90. The molecule has 0 aliphatic heterocycles. The predicted molar refractivity (Wildman–Crippen MR) is 142 cm³/mol. The largest absolute Gasteiger partial charge is 0.511 e. The maximum atomic E-state index is 14.0. The van der Waals surface area contributed by atoms with Crippen molar-refractivity contribution in [1.82, 2.24) is 0 Å². The van der Waals surface area contributed by atoms with Crippen molar-refractivity contribution < 1.29 is 44.3 Å². The van der Waals surface area contributed by atoms with E-state index in [1.807, 2.05) is 0 Å². The van der Waals surface area contributed by atoms with E-state index in [4.69, 9.17) is 10.5 Å². The quantitative estimate of drug-likeness (QED) is 0.280. The Balaban J connectivity index is 1.68. The van der Waals surface area contributed by atoms with Gasteiger partial charge in [0.1, 0.15) is 22.8 Å². The molecular formula is C29H28N2O9. The molecule has 11 heteroatoms. The number of benzene rings is 2. The Bertz CT molecular complexity index is 1570. The maximum absolute atomic E-state index is 14.0. The fourth-order valence-corrected chi connectivity index (χ4v) is 6.19. The Morgan fingerprint density at radius 3 is 2.30 bits per heavy atom. The van der Waals surface area contributed by atoms with E-state index in [1.54, 1.807) is 37.2 Å². The lowest BCUT2D eigenvalue weighted by Gasteiger charge is -2.46. The van der Waals surface area contributed by atoms with E-state index in [-0.39, 0.29) is 41.7 Å². The lowest BCUT2D eigenvalue weighted by atomic mass is 9.60. The van der Waals surface area contributed by atoms with E-state index in [0.29, 0.717) is 22.4 Å². The Kier molecular flexibility index (Phi) is 6.22. The van der Waals surface area contributed by atoms with Crippen molar-refractivity contribution in [3.05, 3.63) is 69.7 Å². The first kappa shape index (κ1) is 26.9. The summed E-state index contributed by atoms with van der Waals surface area (Å²) in [7, 11) is 4.81. The van der Waals surface area contributed by atoms with E-state index in [2.05, 4.69) is 0 Å². The van der Waals surface area contributed by atoms with Crippen molar-refractivity contribution in [3.8, 4) is 16.9 Å². The molecule has 5 rings (SSSR count). The van der Waals surface area contributed by atoms with Gasteiger partial charge in [0.25, 0.3) is 5.91 Å². The van der Waals surface area contributed by atoms with Crippen LogP contribution in [0.1, 0.15) is 39.1 Å². The van der Waals surface area contributed by atoms with Gasteiger partial charge in [-0.25, -0.2) is 4.79 Å². The van der Waals surface area contributed by atoms with Crippen molar-refractivity contribution in [2.75, 3.05) is 26.1 Å². The van der Waals surface area contributed by atoms with Crippen LogP contribution in [-0.2, 0) is 20.7 Å². The van der Waals surface area contributed by atoms with E-state index >= 15 is 0 Å². The van der Waals surface area contributed by atoms with Crippen LogP contribution in [0, 0.1) is 11.8 Å². The number of hydrogen-bond acceptors (Lipinski definition) is 10. The van der Waals surface area contributed by atoms with Gasteiger partial charge in [-0.1, -0.05) is 12.1 Å². The van der Waals surface area contributed by atoms with Crippen LogP contribution in [0.25, 0.3) is 11.1 Å². The maximum Gasteiger partial charge on any atom is 0.337 e. The summed E-state index contributed by atoms with van der Waals surface area (Å²) in [5.41, 5.74) is 3.72. The number of carbonyl (C=O) groups excluding carboxylic acids is 4. The standard InChI is InChI=1S/C29H28N2O9/c1-31(2)18-11-16(12-4-6-13(7-5-12)28(38)40-3)23(33)21-17(18)9-14-8-15-10-19(32)22(27(30)37)26(36)29(15,39)25(35)20(14)24(21)34/h4-7,11,14-15,32-33,35,39H,8-10H2,1-3H3,(H2,30,37)/t14-,15+,29+/m1/s1. The molecule has 208 valence electrons.